The summed E-state index contributed by atoms with van der Waals surface area (Å²) in [5.41, 5.74) is 6.79. The summed E-state index contributed by atoms with van der Waals surface area (Å²) in [4.78, 5) is 30.7. The van der Waals surface area contributed by atoms with Crippen LogP contribution in [0.15, 0.2) is 17.4 Å². The van der Waals surface area contributed by atoms with Crippen LogP contribution in [0.1, 0.15) is 82.1 Å². The molecule has 1 amide bonds. The number of aromatic nitrogens is 4. The van der Waals surface area contributed by atoms with E-state index >= 15 is 0 Å². The van der Waals surface area contributed by atoms with Gasteiger partial charge in [0.2, 0.25) is 0 Å². The number of fused-ring (bicyclic) bond motifs is 3. The highest BCUT2D eigenvalue weighted by Crippen LogP contribution is 2.40. The normalized spacial score (nSPS) is 27.5. The van der Waals surface area contributed by atoms with Crippen LogP contribution in [0.25, 0.3) is 22.1 Å². The van der Waals surface area contributed by atoms with Crippen LogP contribution in [0.2, 0.25) is 0 Å². The first-order chi connectivity index (χ1) is 18.4. The Balaban J connectivity index is 1.28. The maximum absolute atomic E-state index is 13.8. The van der Waals surface area contributed by atoms with Gasteiger partial charge < -0.3 is 24.6 Å². The van der Waals surface area contributed by atoms with Crippen molar-refractivity contribution >= 4 is 39.6 Å². The molecule has 1 aliphatic heterocycles. The largest absolute Gasteiger partial charge is 0.393 e. The highest BCUT2D eigenvalue weighted by molar-refractivity contribution is 6.10. The molecule has 1 atom stereocenters. The second-order valence-electron chi connectivity index (χ2n) is 11.8. The fourth-order valence-corrected chi connectivity index (χ4v) is 6.61. The van der Waals surface area contributed by atoms with Crippen molar-refractivity contribution < 1.29 is 9.90 Å². The summed E-state index contributed by atoms with van der Waals surface area (Å²) in [6, 6.07) is 3.54. The van der Waals surface area contributed by atoms with Gasteiger partial charge in [0.25, 0.3) is 5.91 Å². The van der Waals surface area contributed by atoms with Gasteiger partial charge in [-0.3, -0.25) is 4.79 Å². The summed E-state index contributed by atoms with van der Waals surface area (Å²) in [6.07, 6.45) is 10.6. The Labute approximate surface area is 222 Å². The van der Waals surface area contributed by atoms with Gasteiger partial charge in [-0.05, 0) is 71.3 Å². The van der Waals surface area contributed by atoms with Crippen LogP contribution >= 0.6 is 0 Å². The van der Waals surface area contributed by atoms with Crippen LogP contribution in [0.5, 0.6) is 0 Å². The van der Waals surface area contributed by atoms with Gasteiger partial charge in [0.15, 0.2) is 5.82 Å². The second-order valence-corrected chi connectivity index (χ2v) is 11.8. The molecule has 4 aliphatic rings. The van der Waals surface area contributed by atoms with Crippen molar-refractivity contribution in [2.24, 2.45) is 12.0 Å². The molecule has 3 aromatic heterocycles. The molecule has 3 aliphatic carbocycles. The summed E-state index contributed by atoms with van der Waals surface area (Å²) in [6.45, 7) is 4.96. The lowest BCUT2D eigenvalue weighted by molar-refractivity contribution is 0.0522. The number of amides is 1. The van der Waals surface area contributed by atoms with Crippen LogP contribution in [0.3, 0.4) is 0 Å². The van der Waals surface area contributed by atoms with Crippen LogP contribution in [0.4, 0.5) is 5.82 Å². The number of aryl methyl sites for hydroxylation is 2. The van der Waals surface area contributed by atoms with Gasteiger partial charge in [0.05, 0.1) is 17.9 Å². The maximum atomic E-state index is 13.8. The standard InChI is InChI=1S/C28H38N8O2/c1-4-34-22(28(38)35(17-5-6-17)18-7-8-18)14-21-25-24(29-15-33(25)3)26(31-27(21)34)30-23-13-16(2)36(32-23)19-9-11-20(37)12-10-19/h14-20,37H,4-13H2,1-3H3,(H,30,31,32). The number of amidine groups is 1. The zero-order valence-electron chi connectivity index (χ0n) is 22.6. The summed E-state index contributed by atoms with van der Waals surface area (Å²) in [5, 5.41) is 13.2. The molecular formula is C28H38N8O2. The molecule has 1 saturated heterocycles. The zero-order valence-corrected chi connectivity index (χ0v) is 22.6. The lowest BCUT2D eigenvalue weighted by Crippen LogP contribution is -2.47. The monoisotopic (exact) mass is 518 g/mol. The third-order valence-corrected chi connectivity index (χ3v) is 8.86. The molecule has 38 heavy (non-hydrogen) atoms. The number of carbonyl (C=O) groups excluding carboxylic acids is 1. The minimum absolute atomic E-state index is 0.137. The summed E-state index contributed by atoms with van der Waals surface area (Å²) < 4.78 is 4.08. The van der Waals surface area contributed by atoms with Crippen LogP contribution in [0, 0.1) is 0 Å². The first-order valence-corrected chi connectivity index (χ1v) is 14.4. The Hall–Kier alpha value is -2.98. The van der Waals surface area contributed by atoms with Gasteiger partial charge in [-0.1, -0.05) is 0 Å². The van der Waals surface area contributed by atoms with Crippen molar-refractivity contribution in [3.63, 3.8) is 0 Å². The smallest absolute Gasteiger partial charge is 0.271 e. The predicted molar refractivity (Wildman–Crippen MR) is 146 cm³/mol. The quantitative estimate of drug-likeness (QED) is 0.516. The van der Waals surface area contributed by atoms with Gasteiger partial charge in [-0.2, -0.15) is 0 Å². The van der Waals surface area contributed by atoms with E-state index in [-0.39, 0.29) is 12.0 Å². The van der Waals surface area contributed by atoms with E-state index in [1.807, 2.05) is 24.0 Å². The van der Waals surface area contributed by atoms with Gasteiger partial charge in [0.1, 0.15) is 22.7 Å². The van der Waals surface area contributed by atoms with Crippen molar-refractivity contribution in [2.45, 2.75) is 108 Å². The molecule has 7 rings (SSSR count). The molecule has 1 unspecified atom stereocenters. The van der Waals surface area contributed by atoms with Gasteiger partial charge >= 0.3 is 0 Å². The summed E-state index contributed by atoms with van der Waals surface area (Å²) in [7, 11) is 1.99. The van der Waals surface area contributed by atoms with Crippen molar-refractivity contribution in [3.05, 3.63) is 18.1 Å². The molecule has 2 N–H and O–H groups in total. The van der Waals surface area contributed by atoms with E-state index < -0.39 is 0 Å². The van der Waals surface area contributed by atoms with E-state index in [1.54, 1.807) is 0 Å². The average Bonchev–Trinajstić information content (AvgIpc) is 3.82. The highest BCUT2D eigenvalue weighted by Gasteiger charge is 2.43. The first kappa shape index (κ1) is 24.1. The number of aliphatic imine (C=N–C) groups is 1. The molecule has 202 valence electrons. The third-order valence-electron chi connectivity index (χ3n) is 8.86. The molecule has 4 heterocycles. The third kappa shape index (κ3) is 4.00. The van der Waals surface area contributed by atoms with E-state index in [1.165, 1.54) is 0 Å². The van der Waals surface area contributed by atoms with E-state index in [4.69, 9.17) is 9.98 Å². The SMILES string of the molecule is CCn1c(C(=O)N(C2CC2)C2CC2)cc2c3c(ncn3C)c(/N=C3\CC(C)N(C4CCC(O)CC4)N3)nc21. The minimum atomic E-state index is -0.169. The fourth-order valence-electron chi connectivity index (χ4n) is 6.61. The number of aliphatic hydroxyl groups excluding tert-OH is 1. The van der Waals surface area contributed by atoms with Gasteiger partial charge in [0, 0.05) is 49.6 Å². The molecule has 0 aromatic carbocycles. The Morgan fingerprint density at radius 2 is 1.87 bits per heavy atom. The van der Waals surface area contributed by atoms with Crippen LogP contribution < -0.4 is 5.43 Å². The molecule has 10 heteroatoms. The lowest BCUT2D eigenvalue weighted by atomic mass is 9.92. The molecular weight excluding hydrogens is 480 g/mol. The van der Waals surface area contributed by atoms with Crippen molar-refractivity contribution in [2.75, 3.05) is 0 Å². The van der Waals surface area contributed by atoms with E-state index in [9.17, 15) is 9.90 Å². The second kappa shape index (κ2) is 9.05. The van der Waals surface area contributed by atoms with Gasteiger partial charge in [-0.25, -0.2) is 20.0 Å². The topological polar surface area (TPSA) is 104 Å². The number of pyridine rings is 1. The molecule has 4 fully saturated rings. The molecule has 0 radical (unpaired) electrons. The molecule has 3 saturated carbocycles. The van der Waals surface area contributed by atoms with E-state index in [0.717, 1.165) is 91.4 Å². The number of hydrazine groups is 1. The summed E-state index contributed by atoms with van der Waals surface area (Å²) >= 11 is 0. The Kier molecular flexibility index (Phi) is 5.74. The number of rotatable bonds is 6. The lowest BCUT2D eigenvalue weighted by Gasteiger charge is -2.35. The highest BCUT2D eigenvalue weighted by atomic mass is 16.3. The molecule has 10 nitrogen and oxygen atoms in total. The average molecular weight is 519 g/mol. The molecule has 3 aromatic rings. The van der Waals surface area contributed by atoms with Gasteiger partial charge in [-0.15, -0.1) is 0 Å². The number of nitrogens with one attached hydrogen (secondary N) is 1. The Morgan fingerprint density at radius 1 is 1.16 bits per heavy atom. The minimum Gasteiger partial charge on any atom is -0.393 e. The number of carbonyl (C=O) groups is 1. The molecule has 0 bridgehead atoms. The van der Waals surface area contributed by atoms with Crippen molar-refractivity contribution in [1.82, 2.24) is 34.4 Å². The number of aliphatic hydroxyl groups is 1. The fraction of sp³-hybridized carbons (Fsp3) is 0.643. The van der Waals surface area contributed by atoms with Crippen molar-refractivity contribution in [1.29, 1.82) is 0 Å². The van der Waals surface area contributed by atoms with Crippen LogP contribution in [-0.4, -0.2) is 76.1 Å². The van der Waals surface area contributed by atoms with Crippen LogP contribution in [-0.2, 0) is 13.6 Å². The predicted octanol–water partition coefficient (Wildman–Crippen LogP) is 3.64. The first-order valence-electron chi connectivity index (χ1n) is 14.4. The maximum Gasteiger partial charge on any atom is 0.271 e. The molecule has 0 spiro atoms. The summed E-state index contributed by atoms with van der Waals surface area (Å²) in [5.74, 6) is 1.62. The Bertz CT molecular complexity index is 1410. The van der Waals surface area contributed by atoms with E-state index in [0.29, 0.717) is 36.5 Å². The van der Waals surface area contributed by atoms with Crippen molar-refractivity contribution in [3.8, 4) is 0 Å². The Morgan fingerprint density at radius 3 is 2.53 bits per heavy atom. The number of nitrogens with zero attached hydrogens (tertiary/aromatic N) is 7. The number of hydrogen-bond donors (Lipinski definition) is 2. The number of hydrogen-bond acceptors (Lipinski definition) is 6. The zero-order chi connectivity index (χ0) is 26.1. The number of imidazole rings is 1. The van der Waals surface area contributed by atoms with E-state index in [2.05, 4.69) is 38.7 Å².